The van der Waals surface area contributed by atoms with Crippen LogP contribution in [0.4, 0.5) is 0 Å². The summed E-state index contributed by atoms with van der Waals surface area (Å²) in [5.41, 5.74) is 4.17. The van der Waals surface area contributed by atoms with E-state index in [-0.39, 0.29) is 12.0 Å². The number of carbonyl (C=O) groups excluding carboxylic acids is 2. The van der Waals surface area contributed by atoms with Crippen molar-refractivity contribution in [1.29, 1.82) is 0 Å². The van der Waals surface area contributed by atoms with Gasteiger partial charge in [-0.1, -0.05) is 6.07 Å². The average molecular weight is 342 g/mol. The van der Waals surface area contributed by atoms with Crippen LogP contribution in [0.15, 0.2) is 35.6 Å². The van der Waals surface area contributed by atoms with Crippen molar-refractivity contribution in [1.82, 2.24) is 0 Å². The van der Waals surface area contributed by atoms with E-state index in [9.17, 15) is 9.59 Å². The Kier molecular flexibility index (Phi) is 3.56. The van der Waals surface area contributed by atoms with Gasteiger partial charge >= 0.3 is 11.9 Å². The second kappa shape index (κ2) is 5.65. The van der Waals surface area contributed by atoms with E-state index in [0.29, 0.717) is 17.6 Å². The molecule has 0 radical (unpaired) electrons. The summed E-state index contributed by atoms with van der Waals surface area (Å²) in [6.45, 7) is 3.69. The Morgan fingerprint density at radius 1 is 1.16 bits per heavy atom. The highest BCUT2D eigenvalue weighted by Crippen LogP contribution is 2.51. The molecule has 1 saturated heterocycles. The normalized spacial score (nSPS) is 28.4. The first kappa shape index (κ1) is 15.7. The summed E-state index contributed by atoms with van der Waals surface area (Å²) >= 11 is 0. The molecule has 2 aliphatic heterocycles. The van der Waals surface area contributed by atoms with Crippen LogP contribution >= 0.6 is 0 Å². The molecular formula is C19H18O6. The van der Waals surface area contributed by atoms with Crippen molar-refractivity contribution in [3.8, 4) is 5.75 Å². The Labute approximate surface area is 145 Å². The minimum atomic E-state index is -0.799. The Morgan fingerprint density at radius 2 is 1.96 bits per heavy atom. The van der Waals surface area contributed by atoms with Crippen molar-refractivity contribution in [3.63, 3.8) is 0 Å². The van der Waals surface area contributed by atoms with Crippen LogP contribution in [0.5, 0.6) is 5.75 Å². The quantitative estimate of drug-likeness (QED) is 0.477. The largest absolute Gasteiger partial charge is 0.496 e. The topological polar surface area (TPSA) is 71.1 Å². The van der Waals surface area contributed by atoms with Crippen LogP contribution in [-0.2, 0) is 30.2 Å². The monoisotopic (exact) mass is 342 g/mol. The molecule has 2 heterocycles. The molecule has 130 valence electrons. The van der Waals surface area contributed by atoms with E-state index >= 15 is 0 Å². The lowest BCUT2D eigenvalue weighted by Gasteiger charge is -2.13. The maximum absolute atomic E-state index is 12.3. The molecule has 0 N–H and O–H groups in total. The molecule has 0 amide bonds. The standard InChI is InChI=1S/C19H18O6/c1-9-4-5-14(22-3)16-11(9)7-12-13(19(21)25-17(12)16)8-23-15-6-10(2)18(20)24-15/h4-6,8,12,15,17H,7H2,1-3H3/b13-8+/t12-,15+,17+/m0/s1. The van der Waals surface area contributed by atoms with Gasteiger partial charge in [0.2, 0.25) is 0 Å². The third kappa shape index (κ3) is 2.40. The Hall–Kier alpha value is -2.76. The smallest absolute Gasteiger partial charge is 0.338 e. The summed E-state index contributed by atoms with van der Waals surface area (Å²) in [4.78, 5) is 23.7. The number of ether oxygens (including phenoxy) is 4. The number of aryl methyl sites for hydroxylation is 1. The highest BCUT2D eigenvalue weighted by molar-refractivity contribution is 5.92. The first-order chi connectivity index (χ1) is 12.0. The summed E-state index contributed by atoms with van der Waals surface area (Å²) in [7, 11) is 1.61. The second-order valence-electron chi connectivity index (χ2n) is 6.45. The van der Waals surface area contributed by atoms with Gasteiger partial charge in [-0.05, 0) is 37.5 Å². The zero-order valence-corrected chi connectivity index (χ0v) is 14.2. The van der Waals surface area contributed by atoms with E-state index in [2.05, 4.69) is 0 Å². The van der Waals surface area contributed by atoms with E-state index in [0.717, 1.165) is 22.4 Å². The van der Waals surface area contributed by atoms with Crippen molar-refractivity contribution in [3.05, 3.63) is 52.3 Å². The molecule has 0 unspecified atom stereocenters. The van der Waals surface area contributed by atoms with Crippen LogP contribution in [0.25, 0.3) is 0 Å². The maximum Gasteiger partial charge on any atom is 0.338 e. The minimum absolute atomic E-state index is 0.125. The van der Waals surface area contributed by atoms with Crippen LogP contribution in [0.1, 0.15) is 29.7 Å². The fourth-order valence-corrected chi connectivity index (χ4v) is 3.64. The zero-order valence-electron chi connectivity index (χ0n) is 14.2. The van der Waals surface area contributed by atoms with Crippen molar-refractivity contribution >= 4 is 11.9 Å². The van der Waals surface area contributed by atoms with Gasteiger partial charge in [0, 0.05) is 23.1 Å². The summed E-state index contributed by atoms with van der Waals surface area (Å²) in [6.07, 6.45) is 2.47. The molecule has 25 heavy (non-hydrogen) atoms. The number of fused-ring (bicyclic) bond motifs is 3. The van der Waals surface area contributed by atoms with Gasteiger partial charge < -0.3 is 18.9 Å². The number of carbonyl (C=O) groups is 2. The molecule has 1 aromatic rings. The molecule has 4 rings (SSSR count). The maximum atomic E-state index is 12.3. The van der Waals surface area contributed by atoms with Gasteiger partial charge in [-0.2, -0.15) is 0 Å². The molecule has 1 aliphatic carbocycles. The van der Waals surface area contributed by atoms with Gasteiger partial charge in [0.1, 0.15) is 11.9 Å². The summed E-state index contributed by atoms with van der Waals surface area (Å²) in [5, 5.41) is 0. The molecule has 3 atom stereocenters. The predicted octanol–water partition coefficient (Wildman–Crippen LogP) is 2.50. The second-order valence-corrected chi connectivity index (χ2v) is 6.45. The number of methoxy groups -OCH3 is 1. The lowest BCUT2D eigenvalue weighted by Crippen LogP contribution is -2.12. The van der Waals surface area contributed by atoms with Crippen molar-refractivity contribution in [2.75, 3.05) is 7.11 Å². The van der Waals surface area contributed by atoms with Crippen LogP contribution in [-0.4, -0.2) is 25.3 Å². The number of hydrogen-bond acceptors (Lipinski definition) is 6. The lowest BCUT2D eigenvalue weighted by molar-refractivity contribution is -0.152. The van der Waals surface area contributed by atoms with E-state index in [1.54, 1.807) is 20.1 Å². The van der Waals surface area contributed by atoms with Crippen molar-refractivity contribution in [2.24, 2.45) is 5.92 Å². The van der Waals surface area contributed by atoms with Crippen LogP contribution < -0.4 is 4.74 Å². The number of benzene rings is 1. The number of cyclic esters (lactones) is 1. The fourth-order valence-electron chi connectivity index (χ4n) is 3.64. The third-order valence-electron chi connectivity index (χ3n) is 4.97. The van der Waals surface area contributed by atoms with Gasteiger partial charge in [-0.15, -0.1) is 0 Å². The van der Waals surface area contributed by atoms with Crippen molar-refractivity contribution < 1.29 is 28.5 Å². The first-order valence-corrected chi connectivity index (χ1v) is 8.12. The number of esters is 2. The Bertz CT molecular complexity index is 835. The molecule has 0 spiro atoms. The van der Waals surface area contributed by atoms with Crippen LogP contribution in [0.3, 0.4) is 0 Å². The van der Waals surface area contributed by atoms with E-state index in [1.807, 2.05) is 19.1 Å². The predicted molar refractivity (Wildman–Crippen MR) is 86.6 cm³/mol. The first-order valence-electron chi connectivity index (χ1n) is 8.12. The summed E-state index contributed by atoms with van der Waals surface area (Å²) < 4.78 is 21.5. The molecule has 6 nitrogen and oxygen atoms in total. The molecule has 0 bridgehead atoms. The van der Waals surface area contributed by atoms with Gasteiger partial charge in [0.25, 0.3) is 6.29 Å². The number of hydrogen-bond donors (Lipinski definition) is 0. The Balaban J connectivity index is 1.61. The van der Waals surface area contributed by atoms with Crippen LogP contribution in [0, 0.1) is 12.8 Å². The fraction of sp³-hybridized carbons (Fsp3) is 0.368. The molecule has 1 fully saturated rings. The molecule has 1 aromatic carbocycles. The zero-order chi connectivity index (χ0) is 17.7. The van der Waals surface area contributed by atoms with E-state index in [4.69, 9.17) is 18.9 Å². The van der Waals surface area contributed by atoms with Gasteiger partial charge in [0.05, 0.1) is 18.9 Å². The van der Waals surface area contributed by atoms with Crippen molar-refractivity contribution in [2.45, 2.75) is 32.7 Å². The third-order valence-corrected chi connectivity index (χ3v) is 4.97. The molecule has 0 saturated carbocycles. The number of rotatable bonds is 3. The van der Waals surface area contributed by atoms with E-state index < -0.39 is 18.2 Å². The molecule has 6 heteroatoms. The van der Waals surface area contributed by atoms with Gasteiger partial charge in [-0.3, -0.25) is 0 Å². The SMILES string of the molecule is COc1ccc(C)c2c1[C@@H]1OC(=O)/C(=C/O[C@H]3C=C(C)C(=O)O3)[C@@H]1C2. The van der Waals surface area contributed by atoms with E-state index in [1.165, 1.54) is 6.26 Å². The van der Waals surface area contributed by atoms with Gasteiger partial charge in [0.15, 0.2) is 0 Å². The molecular weight excluding hydrogens is 324 g/mol. The highest BCUT2D eigenvalue weighted by atomic mass is 16.7. The average Bonchev–Trinajstić information content (AvgIpc) is 3.19. The summed E-state index contributed by atoms with van der Waals surface area (Å²) in [6, 6.07) is 3.90. The molecule has 3 aliphatic rings. The molecule has 0 aromatic heterocycles. The van der Waals surface area contributed by atoms with Gasteiger partial charge in [-0.25, -0.2) is 9.59 Å². The minimum Gasteiger partial charge on any atom is -0.496 e. The Morgan fingerprint density at radius 3 is 2.64 bits per heavy atom. The lowest BCUT2D eigenvalue weighted by atomic mass is 9.97. The highest BCUT2D eigenvalue weighted by Gasteiger charge is 2.48. The summed E-state index contributed by atoms with van der Waals surface area (Å²) in [5.74, 6) is -0.218. The van der Waals surface area contributed by atoms with Crippen LogP contribution in [0.2, 0.25) is 0 Å².